The Bertz CT molecular complexity index is 462. The molecule has 104 valence electrons. The SMILES string of the molecule is Cc1cc(C)c(CC2(C(=O)O)CCCOC2)c(C)c1. The van der Waals surface area contributed by atoms with Crippen LogP contribution in [0.4, 0.5) is 0 Å². The van der Waals surface area contributed by atoms with E-state index in [1.54, 1.807) is 0 Å². The second-order valence-corrected chi connectivity index (χ2v) is 5.80. The molecule has 0 spiro atoms. The summed E-state index contributed by atoms with van der Waals surface area (Å²) >= 11 is 0. The molecular weight excluding hydrogens is 240 g/mol. The number of carboxylic acid groups (broad SMARTS) is 1. The third-order valence-corrected chi connectivity index (χ3v) is 4.13. The molecule has 1 saturated heterocycles. The van der Waals surface area contributed by atoms with Gasteiger partial charge in [-0.05, 0) is 56.7 Å². The van der Waals surface area contributed by atoms with Crippen molar-refractivity contribution in [2.75, 3.05) is 13.2 Å². The number of hydrogen-bond donors (Lipinski definition) is 1. The molecule has 2 rings (SSSR count). The molecule has 1 heterocycles. The van der Waals surface area contributed by atoms with Gasteiger partial charge in [-0.3, -0.25) is 4.79 Å². The van der Waals surface area contributed by atoms with Crippen LogP contribution >= 0.6 is 0 Å². The summed E-state index contributed by atoms with van der Waals surface area (Å²) < 4.78 is 5.44. The van der Waals surface area contributed by atoms with Crippen molar-refractivity contribution in [3.63, 3.8) is 0 Å². The van der Waals surface area contributed by atoms with E-state index in [9.17, 15) is 9.90 Å². The molecule has 0 radical (unpaired) electrons. The third kappa shape index (κ3) is 2.81. The Morgan fingerprint density at radius 1 is 1.32 bits per heavy atom. The third-order valence-electron chi connectivity index (χ3n) is 4.13. The van der Waals surface area contributed by atoms with Gasteiger partial charge in [0.2, 0.25) is 0 Å². The number of aliphatic carboxylic acids is 1. The first-order valence-electron chi connectivity index (χ1n) is 6.82. The number of ether oxygens (including phenoxy) is 1. The van der Waals surface area contributed by atoms with Crippen molar-refractivity contribution in [1.29, 1.82) is 0 Å². The zero-order valence-electron chi connectivity index (χ0n) is 12.0. The molecule has 19 heavy (non-hydrogen) atoms. The average Bonchev–Trinajstić information content (AvgIpc) is 2.35. The van der Waals surface area contributed by atoms with Crippen molar-refractivity contribution >= 4 is 5.97 Å². The Kier molecular flexibility index (Phi) is 3.95. The van der Waals surface area contributed by atoms with E-state index in [1.165, 1.54) is 22.3 Å². The summed E-state index contributed by atoms with van der Waals surface area (Å²) in [5, 5.41) is 9.61. The van der Waals surface area contributed by atoms with Crippen molar-refractivity contribution in [2.45, 2.75) is 40.0 Å². The van der Waals surface area contributed by atoms with E-state index < -0.39 is 11.4 Å². The number of carbonyl (C=O) groups is 1. The van der Waals surface area contributed by atoms with Gasteiger partial charge in [0.05, 0.1) is 12.0 Å². The smallest absolute Gasteiger partial charge is 0.312 e. The highest BCUT2D eigenvalue weighted by molar-refractivity contribution is 5.75. The average molecular weight is 262 g/mol. The molecule has 1 unspecified atom stereocenters. The minimum atomic E-state index is -0.747. The predicted molar refractivity (Wildman–Crippen MR) is 74.5 cm³/mol. The lowest BCUT2D eigenvalue weighted by Gasteiger charge is -2.34. The normalized spacial score (nSPS) is 23.3. The van der Waals surface area contributed by atoms with E-state index in [2.05, 4.69) is 32.9 Å². The van der Waals surface area contributed by atoms with Crippen molar-refractivity contribution in [3.8, 4) is 0 Å². The van der Waals surface area contributed by atoms with Crippen LogP contribution < -0.4 is 0 Å². The van der Waals surface area contributed by atoms with Gasteiger partial charge < -0.3 is 9.84 Å². The molecule has 3 heteroatoms. The number of aryl methyl sites for hydroxylation is 3. The maximum absolute atomic E-state index is 11.7. The molecular formula is C16H22O3. The highest BCUT2D eigenvalue weighted by atomic mass is 16.5. The number of hydrogen-bond acceptors (Lipinski definition) is 2. The summed E-state index contributed by atoms with van der Waals surface area (Å²) in [5.74, 6) is -0.730. The van der Waals surface area contributed by atoms with Gasteiger partial charge in [-0.25, -0.2) is 0 Å². The molecule has 0 amide bonds. The van der Waals surface area contributed by atoms with Gasteiger partial charge in [0.15, 0.2) is 0 Å². The van der Waals surface area contributed by atoms with E-state index >= 15 is 0 Å². The maximum atomic E-state index is 11.7. The molecule has 1 aromatic carbocycles. The van der Waals surface area contributed by atoms with Crippen molar-refractivity contribution in [1.82, 2.24) is 0 Å². The molecule has 1 aliphatic rings. The first-order chi connectivity index (χ1) is 8.94. The maximum Gasteiger partial charge on any atom is 0.312 e. The van der Waals surface area contributed by atoms with Crippen LogP contribution in [0.25, 0.3) is 0 Å². The van der Waals surface area contributed by atoms with Gasteiger partial charge in [-0.15, -0.1) is 0 Å². The minimum absolute atomic E-state index is 0.328. The Morgan fingerprint density at radius 3 is 2.42 bits per heavy atom. The highest BCUT2D eigenvalue weighted by Gasteiger charge is 2.41. The molecule has 3 nitrogen and oxygen atoms in total. The van der Waals surface area contributed by atoms with Crippen LogP contribution in [0.1, 0.15) is 35.1 Å². The Hall–Kier alpha value is -1.35. The summed E-state index contributed by atoms with van der Waals surface area (Å²) in [5.41, 5.74) is 4.01. The fourth-order valence-corrected chi connectivity index (χ4v) is 3.06. The van der Waals surface area contributed by atoms with Crippen LogP contribution in [-0.2, 0) is 16.0 Å². The van der Waals surface area contributed by atoms with Crippen LogP contribution in [-0.4, -0.2) is 24.3 Å². The zero-order valence-corrected chi connectivity index (χ0v) is 12.0. The predicted octanol–water partition coefficient (Wildman–Crippen LogP) is 3.04. The molecule has 0 bridgehead atoms. The van der Waals surface area contributed by atoms with Gasteiger partial charge in [0, 0.05) is 6.61 Å². The van der Waals surface area contributed by atoms with Crippen LogP contribution in [0.3, 0.4) is 0 Å². The molecule has 0 saturated carbocycles. The largest absolute Gasteiger partial charge is 0.481 e. The molecule has 1 N–H and O–H groups in total. The van der Waals surface area contributed by atoms with Gasteiger partial charge in [-0.1, -0.05) is 17.7 Å². The van der Waals surface area contributed by atoms with Crippen molar-refractivity contribution in [3.05, 3.63) is 34.4 Å². The highest BCUT2D eigenvalue weighted by Crippen LogP contribution is 2.35. The molecule has 1 aliphatic heterocycles. The van der Waals surface area contributed by atoms with E-state index in [0.29, 0.717) is 26.1 Å². The topological polar surface area (TPSA) is 46.5 Å². The Balaban J connectivity index is 2.35. The first-order valence-corrected chi connectivity index (χ1v) is 6.82. The Morgan fingerprint density at radius 2 is 1.95 bits per heavy atom. The lowest BCUT2D eigenvalue weighted by Crippen LogP contribution is -2.41. The summed E-state index contributed by atoms with van der Waals surface area (Å²) in [6.07, 6.45) is 2.10. The summed E-state index contributed by atoms with van der Waals surface area (Å²) in [6, 6.07) is 4.25. The fraction of sp³-hybridized carbons (Fsp3) is 0.562. The molecule has 0 aromatic heterocycles. The van der Waals surface area contributed by atoms with Gasteiger partial charge >= 0.3 is 5.97 Å². The summed E-state index contributed by atoms with van der Waals surface area (Å²) in [7, 11) is 0. The van der Waals surface area contributed by atoms with Crippen LogP contribution in [0, 0.1) is 26.2 Å². The van der Waals surface area contributed by atoms with E-state index in [4.69, 9.17) is 4.74 Å². The van der Waals surface area contributed by atoms with Crippen LogP contribution in [0.5, 0.6) is 0 Å². The van der Waals surface area contributed by atoms with Crippen LogP contribution in [0.15, 0.2) is 12.1 Å². The summed E-state index contributed by atoms with van der Waals surface area (Å²) in [4.78, 5) is 11.7. The van der Waals surface area contributed by atoms with E-state index in [-0.39, 0.29) is 0 Å². The lowest BCUT2D eigenvalue weighted by molar-refractivity contribution is -0.157. The molecule has 0 aliphatic carbocycles. The zero-order chi connectivity index (χ0) is 14.0. The van der Waals surface area contributed by atoms with Crippen LogP contribution in [0.2, 0.25) is 0 Å². The number of rotatable bonds is 3. The quantitative estimate of drug-likeness (QED) is 0.910. The van der Waals surface area contributed by atoms with Crippen molar-refractivity contribution < 1.29 is 14.6 Å². The fourth-order valence-electron chi connectivity index (χ4n) is 3.06. The number of benzene rings is 1. The first kappa shape index (κ1) is 14.1. The molecule has 1 aromatic rings. The second kappa shape index (κ2) is 5.33. The molecule has 1 fully saturated rings. The van der Waals surface area contributed by atoms with Crippen molar-refractivity contribution in [2.24, 2.45) is 5.41 Å². The van der Waals surface area contributed by atoms with Gasteiger partial charge in [0.1, 0.15) is 0 Å². The van der Waals surface area contributed by atoms with Gasteiger partial charge in [-0.2, -0.15) is 0 Å². The lowest BCUT2D eigenvalue weighted by atomic mass is 9.75. The second-order valence-electron chi connectivity index (χ2n) is 5.80. The standard InChI is InChI=1S/C16H22O3/c1-11-7-12(2)14(13(3)8-11)9-16(15(17)18)5-4-6-19-10-16/h7-8H,4-6,9-10H2,1-3H3,(H,17,18). The van der Waals surface area contributed by atoms with E-state index in [0.717, 1.165) is 6.42 Å². The minimum Gasteiger partial charge on any atom is -0.481 e. The monoisotopic (exact) mass is 262 g/mol. The summed E-state index contributed by atoms with van der Waals surface area (Å²) in [6.45, 7) is 7.21. The Labute approximate surface area is 114 Å². The number of carboxylic acids is 1. The molecule has 1 atom stereocenters. The van der Waals surface area contributed by atoms with E-state index in [1.807, 2.05) is 0 Å². The van der Waals surface area contributed by atoms with Gasteiger partial charge in [0.25, 0.3) is 0 Å².